The number of hydrogen-bond acceptors (Lipinski definition) is 8. The van der Waals surface area contributed by atoms with Gasteiger partial charge in [-0.05, 0) is 35.9 Å². The molecule has 28 heavy (non-hydrogen) atoms. The van der Waals surface area contributed by atoms with Gasteiger partial charge >= 0.3 is 5.69 Å². The summed E-state index contributed by atoms with van der Waals surface area (Å²) in [6, 6.07) is 9.67. The molecule has 0 unspecified atom stereocenters. The molecule has 1 aliphatic rings. The Bertz CT molecular complexity index is 1130. The Kier molecular flexibility index (Phi) is 4.46. The van der Waals surface area contributed by atoms with Crippen LogP contribution in [0.1, 0.15) is 6.04 Å². The molecule has 144 valence electrons. The SMILES string of the molecule is Nc1ccn([C@@H]2C=C(COc3ccc4ccc(N)nc4c3)[C@@H](O)[C@H]2O)c(=O)n1. The number of aromatic nitrogens is 3. The zero-order valence-electron chi connectivity index (χ0n) is 14.8. The third-order valence-electron chi connectivity index (χ3n) is 4.70. The smallest absolute Gasteiger partial charge is 0.350 e. The van der Waals surface area contributed by atoms with E-state index >= 15 is 0 Å². The van der Waals surface area contributed by atoms with Crippen LogP contribution in [-0.2, 0) is 0 Å². The minimum absolute atomic E-state index is 0.0414. The molecular weight excluding hydrogens is 362 g/mol. The number of nitrogens with two attached hydrogens (primary N) is 2. The van der Waals surface area contributed by atoms with Gasteiger partial charge in [0.15, 0.2) is 0 Å². The highest BCUT2D eigenvalue weighted by atomic mass is 16.5. The summed E-state index contributed by atoms with van der Waals surface area (Å²) in [6.07, 6.45) is 0.681. The van der Waals surface area contributed by atoms with Crippen molar-refractivity contribution in [1.29, 1.82) is 0 Å². The van der Waals surface area contributed by atoms with Crippen LogP contribution in [0.2, 0.25) is 0 Å². The van der Waals surface area contributed by atoms with Crippen LogP contribution in [0.3, 0.4) is 0 Å². The fourth-order valence-corrected chi connectivity index (χ4v) is 3.22. The Balaban J connectivity index is 1.55. The van der Waals surface area contributed by atoms with E-state index in [0.29, 0.717) is 22.7 Å². The van der Waals surface area contributed by atoms with E-state index in [-0.39, 0.29) is 12.4 Å². The molecule has 0 saturated heterocycles. The van der Waals surface area contributed by atoms with Gasteiger partial charge in [-0.3, -0.25) is 4.57 Å². The van der Waals surface area contributed by atoms with Gasteiger partial charge in [0.05, 0.1) is 11.6 Å². The van der Waals surface area contributed by atoms with E-state index in [1.165, 1.54) is 16.8 Å². The maximum absolute atomic E-state index is 12.0. The standard InChI is InChI=1S/C19H19N5O4/c20-15-4-2-10-1-3-12(8-13(10)22-15)28-9-11-7-14(18(26)17(11)25)24-6-5-16(21)23-19(24)27/h1-8,14,17-18,25-26H,9H2,(H2,20,22)(H2,21,23,27)/t14-,17-,18+/m1/s1. The first kappa shape index (κ1) is 18.0. The molecule has 0 radical (unpaired) electrons. The molecule has 0 bridgehead atoms. The number of fused-ring (bicyclic) bond motifs is 1. The fraction of sp³-hybridized carbons (Fsp3) is 0.211. The van der Waals surface area contributed by atoms with Crippen molar-refractivity contribution in [2.75, 3.05) is 18.1 Å². The van der Waals surface area contributed by atoms with Crippen LogP contribution in [0.5, 0.6) is 5.75 Å². The number of ether oxygens (including phenoxy) is 1. The fourth-order valence-electron chi connectivity index (χ4n) is 3.22. The summed E-state index contributed by atoms with van der Waals surface area (Å²) >= 11 is 0. The molecule has 3 aromatic rings. The van der Waals surface area contributed by atoms with Crippen LogP contribution in [0, 0.1) is 0 Å². The first-order valence-electron chi connectivity index (χ1n) is 8.63. The van der Waals surface area contributed by atoms with Gasteiger partial charge in [0, 0.05) is 17.6 Å². The number of nitrogens with zero attached hydrogens (tertiary/aromatic N) is 3. The van der Waals surface area contributed by atoms with Crippen molar-refractivity contribution in [3.8, 4) is 5.75 Å². The van der Waals surface area contributed by atoms with E-state index in [9.17, 15) is 15.0 Å². The normalized spacial score (nSPS) is 21.6. The Labute approximate surface area is 159 Å². The molecular formula is C19H19N5O4. The lowest BCUT2D eigenvalue weighted by Gasteiger charge is -2.19. The summed E-state index contributed by atoms with van der Waals surface area (Å²) < 4.78 is 6.97. The van der Waals surface area contributed by atoms with Gasteiger partial charge < -0.3 is 26.4 Å². The molecule has 3 atom stereocenters. The molecule has 2 heterocycles. The summed E-state index contributed by atoms with van der Waals surface area (Å²) in [7, 11) is 0. The van der Waals surface area contributed by atoms with Gasteiger partial charge in [0.1, 0.15) is 36.2 Å². The van der Waals surface area contributed by atoms with Crippen LogP contribution in [0.25, 0.3) is 10.9 Å². The Morgan fingerprint density at radius 1 is 1.07 bits per heavy atom. The molecule has 0 fully saturated rings. The van der Waals surface area contributed by atoms with Crippen LogP contribution in [-0.4, -0.2) is 43.6 Å². The molecule has 1 aromatic carbocycles. The Morgan fingerprint density at radius 2 is 1.82 bits per heavy atom. The molecule has 4 rings (SSSR count). The van der Waals surface area contributed by atoms with Crippen molar-refractivity contribution in [3.05, 3.63) is 64.7 Å². The van der Waals surface area contributed by atoms with E-state index in [2.05, 4.69) is 9.97 Å². The third-order valence-corrected chi connectivity index (χ3v) is 4.70. The zero-order chi connectivity index (χ0) is 19.8. The molecule has 9 heteroatoms. The predicted molar refractivity (Wildman–Crippen MR) is 104 cm³/mol. The molecule has 0 amide bonds. The number of pyridine rings is 1. The summed E-state index contributed by atoms with van der Waals surface area (Å²) in [4.78, 5) is 19.9. The second-order valence-electron chi connectivity index (χ2n) is 6.59. The predicted octanol–water partition coefficient (Wildman–Crippen LogP) is 0.238. The lowest BCUT2D eigenvalue weighted by atomic mass is 10.1. The highest BCUT2D eigenvalue weighted by Crippen LogP contribution is 2.29. The van der Waals surface area contributed by atoms with Crippen LogP contribution in [0.4, 0.5) is 11.6 Å². The molecule has 9 nitrogen and oxygen atoms in total. The molecule has 1 aliphatic carbocycles. The minimum atomic E-state index is -1.19. The van der Waals surface area contributed by atoms with Gasteiger partial charge in [-0.1, -0.05) is 6.08 Å². The van der Waals surface area contributed by atoms with Crippen LogP contribution < -0.4 is 21.9 Å². The van der Waals surface area contributed by atoms with Crippen molar-refractivity contribution in [1.82, 2.24) is 14.5 Å². The highest BCUT2D eigenvalue weighted by molar-refractivity contribution is 5.81. The molecule has 0 saturated carbocycles. The maximum Gasteiger partial charge on any atom is 0.350 e. The number of aliphatic hydroxyl groups is 2. The minimum Gasteiger partial charge on any atom is -0.489 e. The monoisotopic (exact) mass is 381 g/mol. The first-order valence-corrected chi connectivity index (χ1v) is 8.63. The van der Waals surface area contributed by atoms with Gasteiger partial charge in [-0.2, -0.15) is 4.98 Å². The summed E-state index contributed by atoms with van der Waals surface area (Å²) in [5.74, 6) is 1.04. The van der Waals surface area contributed by atoms with Crippen molar-refractivity contribution in [2.45, 2.75) is 18.2 Å². The second-order valence-corrected chi connectivity index (χ2v) is 6.59. The van der Waals surface area contributed by atoms with E-state index < -0.39 is 23.9 Å². The lowest BCUT2D eigenvalue weighted by Crippen LogP contribution is -2.35. The Hall–Kier alpha value is -3.43. The first-order chi connectivity index (χ1) is 13.4. The van der Waals surface area contributed by atoms with Crippen molar-refractivity contribution >= 4 is 22.5 Å². The van der Waals surface area contributed by atoms with Crippen molar-refractivity contribution in [2.24, 2.45) is 0 Å². The number of benzene rings is 1. The maximum atomic E-state index is 12.0. The summed E-state index contributed by atoms with van der Waals surface area (Å²) in [5.41, 5.74) is 11.7. The highest BCUT2D eigenvalue weighted by Gasteiger charge is 2.36. The average Bonchev–Trinajstić information content (AvgIpc) is 2.94. The second kappa shape index (κ2) is 6.95. The zero-order valence-corrected chi connectivity index (χ0v) is 14.8. The number of anilines is 2. The quantitative estimate of drug-likeness (QED) is 0.469. The molecule has 2 aromatic heterocycles. The van der Waals surface area contributed by atoms with Gasteiger partial charge in [-0.15, -0.1) is 0 Å². The Morgan fingerprint density at radius 3 is 2.61 bits per heavy atom. The third kappa shape index (κ3) is 3.28. The van der Waals surface area contributed by atoms with E-state index in [4.69, 9.17) is 16.2 Å². The largest absolute Gasteiger partial charge is 0.489 e. The van der Waals surface area contributed by atoms with Crippen LogP contribution in [0.15, 0.2) is 59.0 Å². The average molecular weight is 381 g/mol. The van der Waals surface area contributed by atoms with E-state index in [1.54, 1.807) is 24.3 Å². The van der Waals surface area contributed by atoms with Gasteiger partial charge in [0.25, 0.3) is 0 Å². The number of nitrogen functional groups attached to an aromatic ring is 2. The molecule has 6 N–H and O–H groups in total. The topological polar surface area (TPSA) is 150 Å². The van der Waals surface area contributed by atoms with Crippen molar-refractivity contribution in [3.63, 3.8) is 0 Å². The number of hydrogen-bond donors (Lipinski definition) is 4. The summed E-state index contributed by atoms with van der Waals surface area (Å²) in [6.45, 7) is 0.0414. The number of rotatable bonds is 4. The van der Waals surface area contributed by atoms with E-state index in [0.717, 1.165) is 5.39 Å². The van der Waals surface area contributed by atoms with Crippen LogP contribution >= 0.6 is 0 Å². The van der Waals surface area contributed by atoms with Gasteiger partial charge in [-0.25, -0.2) is 9.78 Å². The van der Waals surface area contributed by atoms with E-state index in [1.807, 2.05) is 12.1 Å². The molecule has 0 spiro atoms. The molecule has 0 aliphatic heterocycles. The number of aliphatic hydroxyl groups excluding tert-OH is 2. The lowest BCUT2D eigenvalue weighted by molar-refractivity contribution is 0.0278. The summed E-state index contributed by atoms with van der Waals surface area (Å²) in [5, 5.41) is 21.6. The van der Waals surface area contributed by atoms with Crippen molar-refractivity contribution < 1.29 is 14.9 Å². The van der Waals surface area contributed by atoms with Gasteiger partial charge in [0.2, 0.25) is 0 Å².